The molecular weight excluding hydrogens is 372 g/mol. The number of ether oxygens (including phenoxy) is 1. The SMILES string of the molecule is COc1cc2c(cc1CS(N)(=O)=O)CCC1C2CC[C@@]2(C)C1CC[C@@H]2CC#N. The fourth-order valence-electron chi connectivity index (χ4n) is 6.73. The lowest BCUT2D eigenvalue weighted by Gasteiger charge is -2.51. The van der Waals surface area contributed by atoms with Gasteiger partial charge in [0.2, 0.25) is 10.0 Å². The zero-order chi connectivity index (χ0) is 20.1. The van der Waals surface area contributed by atoms with Gasteiger partial charge in [0.15, 0.2) is 0 Å². The van der Waals surface area contributed by atoms with Crippen molar-refractivity contribution in [3.8, 4) is 11.8 Å². The van der Waals surface area contributed by atoms with Crippen molar-refractivity contribution in [2.24, 2.45) is 28.3 Å². The van der Waals surface area contributed by atoms with Gasteiger partial charge in [0.1, 0.15) is 5.75 Å². The molecule has 4 rings (SSSR count). The number of fused-ring (bicyclic) bond motifs is 5. The third-order valence-corrected chi connectivity index (χ3v) is 8.73. The highest BCUT2D eigenvalue weighted by Gasteiger charge is 2.54. The second-order valence-electron chi connectivity index (χ2n) is 9.27. The number of rotatable bonds is 4. The van der Waals surface area contributed by atoms with Crippen molar-refractivity contribution < 1.29 is 13.2 Å². The van der Waals surface area contributed by atoms with Crippen LogP contribution in [-0.2, 0) is 22.2 Å². The normalized spacial score (nSPS) is 34.1. The third-order valence-electron chi connectivity index (χ3n) is 8.02. The quantitative estimate of drug-likeness (QED) is 0.827. The molecule has 2 fully saturated rings. The van der Waals surface area contributed by atoms with Crippen molar-refractivity contribution in [2.45, 2.75) is 63.5 Å². The number of aryl methyl sites for hydroxylation is 1. The second kappa shape index (κ2) is 7.03. The first kappa shape index (κ1) is 19.7. The average Bonchev–Trinajstić information content (AvgIpc) is 2.96. The molecule has 1 aromatic carbocycles. The molecule has 0 aliphatic heterocycles. The molecule has 28 heavy (non-hydrogen) atoms. The first-order valence-corrected chi connectivity index (χ1v) is 12.1. The predicted molar refractivity (Wildman–Crippen MR) is 108 cm³/mol. The molecule has 0 bridgehead atoms. The molecule has 1 aromatic rings. The van der Waals surface area contributed by atoms with Crippen molar-refractivity contribution >= 4 is 10.0 Å². The van der Waals surface area contributed by atoms with Crippen molar-refractivity contribution in [1.29, 1.82) is 5.26 Å². The maximum atomic E-state index is 11.6. The first-order valence-electron chi connectivity index (χ1n) is 10.3. The highest BCUT2D eigenvalue weighted by Crippen LogP contribution is 2.63. The third kappa shape index (κ3) is 3.23. The predicted octanol–water partition coefficient (Wildman–Crippen LogP) is 3.87. The monoisotopic (exact) mass is 402 g/mol. The zero-order valence-electron chi connectivity index (χ0n) is 16.8. The van der Waals surface area contributed by atoms with E-state index in [2.05, 4.69) is 19.1 Å². The highest BCUT2D eigenvalue weighted by molar-refractivity contribution is 7.88. The Morgan fingerprint density at radius 3 is 2.75 bits per heavy atom. The molecule has 2 N–H and O–H groups in total. The van der Waals surface area contributed by atoms with Gasteiger partial charge in [0.25, 0.3) is 0 Å². The first-order chi connectivity index (χ1) is 13.3. The van der Waals surface area contributed by atoms with Gasteiger partial charge < -0.3 is 4.74 Å². The van der Waals surface area contributed by atoms with Gasteiger partial charge in [0, 0.05) is 12.0 Å². The number of primary sulfonamides is 1. The van der Waals surface area contributed by atoms with E-state index in [1.807, 2.05) is 6.07 Å². The fraction of sp³-hybridized carbons (Fsp3) is 0.682. The van der Waals surface area contributed by atoms with E-state index in [-0.39, 0.29) is 5.75 Å². The van der Waals surface area contributed by atoms with Crippen LogP contribution in [0.15, 0.2) is 12.1 Å². The number of benzene rings is 1. The Balaban J connectivity index is 1.67. The van der Waals surface area contributed by atoms with E-state index >= 15 is 0 Å². The summed E-state index contributed by atoms with van der Waals surface area (Å²) in [4.78, 5) is 0. The van der Waals surface area contributed by atoms with Gasteiger partial charge in [-0.05, 0) is 84.8 Å². The van der Waals surface area contributed by atoms with Crippen LogP contribution in [0.2, 0.25) is 0 Å². The van der Waals surface area contributed by atoms with Crippen LogP contribution >= 0.6 is 0 Å². The highest BCUT2D eigenvalue weighted by atomic mass is 32.2. The Morgan fingerprint density at radius 2 is 2.07 bits per heavy atom. The smallest absolute Gasteiger partial charge is 0.213 e. The molecule has 6 heteroatoms. The number of methoxy groups -OCH3 is 1. The lowest BCUT2D eigenvalue weighted by Crippen LogP contribution is -2.42. The summed E-state index contributed by atoms with van der Waals surface area (Å²) in [5.74, 6) is 2.84. The lowest BCUT2D eigenvalue weighted by atomic mass is 9.54. The van der Waals surface area contributed by atoms with Crippen LogP contribution in [0, 0.1) is 34.5 Å². The summed E-state index contributed by atoms with van der Waals surface area (Å²) in [5.41, 5.74) is 3.57. The van der Waals surface area contributed by atoms with Crippen molar-refractivity contribution in [3.63, 3.8) is 0 Å². The molecule has 3 unspecified atom stereocenters. The van der Waals surface area contributed by atoms with E-state index < -0.39 is 10.0 Å². The van der Waals surface area contributed by atoms with Gasteiger partial charge in [0.05, 0.1) is 18.9 Å². The number of hydrogen-bond acceptors (Lipinski definition) is 4. The Hall–Kier alpha value is -1.58. The fourth-order valence-corrected chi connectivity index (χ4v) is 7.38. The maximum Gasteiger partial charge on any atom is 0.213 e. The molecule has 5 nitrogen and oxygen atoms in total. The molecule has 152 valence electrons. The molecular formula is C22H30N2O3S. The summed E-state index contributed by atoms with van der Waals surface area (Å²) in [6.45, 7) is 2.42. The topological polar surface area (TPSA) is 93.2 Å². The van der Waals surface area contributed by atoms with Gasteiger partial charge in [-0.1, -0.05) is 13.0 Å². The molecule has 0 amide bonds. The van der Waals surface area contributed by atoms with Crippen LogP contribution in [0.3, 0.4) is 0 Å². The summed E-state index contributed by atoms with van der Waals surface area (Å²) in [6, 6.07) is 6.51. The van der Waals surface area contributed by atoms with Gasteiger partial charge >= 0.3 is 0 Å². The summed E-state index contributed by atoms with van der Waals surface area (Å²) in [5, 5.41) is 14.5. The largest absolute Gasteiger partial charge is 0.496 e. The average molecular weight is 403 g/mol. The van der Waals surface area contributed by atoms with E-state index in [0.29, 0.717) is 46.8 Å². The van der Waals surface area contributed by atoms with Crippen LogP contribution in [0.1, 0.15) is 68.1 Å². The Kier molecular flexibility index (Phi) is 4.96. The Labute approximate surface area is 168 Å². The summed E-state index contributed by atoms with van der Waals surface area (Å²) >= 11 is 0. The molecule has 2 saturated carbocycles. The minimum atomic E-state index is -3.60. The molecule has 0 radical (unpaired) electrons. The molecule has 0 saturated heterocycles. The van der Waals surface area contributed by atoms with E-state index in [0.717, 1.165) is 19.3 Å². The van der Waals surface area contributed by atoms with E-state index in [1.165, 1.54) is 30.4 Å². The lowest BCUT2D eigenvalue weighted by molar-refractivity contribution is 0.0297. The zero-order valence-corrected chi connectivity index (χ0v) is 17.6. The molecule has 3 aliphatic rings. The summed E-state index contributed by atoms with van der Waals surface area (Å²) in [6.07, 6.45) is 7.55. The van der Waals surface area contributed by atoms with E-state index in [4.69, 9.17) is 9.88 Å². The number of sulfonamides is 1. The molecule has 5 atom stereocenters. The number of nitrogens with two attached hydrogens (primary N) is 1. The van der Waals surface area contributed by atoms with Crippen molar-refractivity contribution in [3.05, 3.63) is 28.8 Å². The van der Waals surface area contributed by atoms with Gasteiger partial charge in [-0.3, -0.25) is 0 Å². The summed E-state index contributed by atoms with van der Waals surface area (Å²) in [7, 11) is -2.00. The van der Waals surface area contributed by atoms with E-state index in [1.54, 1.807) is 7.11 Å². The number of nitriles is 1. The minimum Gasteiger partial charge on any atom is -0.496 e. The minimum absolute atomic E-state index is 0.186. The van der Waals surface area contributed by atoms with E-state index in [9.17, 15) is 13.7 Å². The van der Waals surface area contributed by atoms with Gasteiger partial charge in [-0.2, -0.15) is 5.26 Å². The Bertz CT molecular complexity index is 920. The maximum absolute atomic E-state index is 11.6. The van der Waals surface area contributed by atoms with Crippen LogP contribution in [0.4, 0.5) is 0 Å². The molecule has 0 heterocycles. The Morgan fingerprint density at radius 1 is 1.29 bits per heavy atom. The van der Waals surface area contributed by atoms with Crippen LogP contribution in [-0.4, -0.2) is 15.5 Å². The van der Waals surface area contributed by atoms with Crippen LogP contribution in [0.25, 0.3) is 0 Å². The number of nitrogens with zero attached hydrogens (tertiary/aromatic N) is 1. The van der Waals surface area contributed by atoms with Gasteiger partial charge in [-0.15, -0.1) is 0 Å². The summed E-state index contributed by atoms with van der Waals surface area (Å²) < 4.78 is 28.8. The van der Waals surface area contributed by atoms with Crippen LogP contribution in [0.5, 0.6) is 5.75 Å². The molecule has 3 aliphatic carbocycles. The van der Waals surface area contributed by atoms with Crippen LogP contribution < -0.4 is 9.88 Å². The van der Waals surface area contributed by atoms with Crippen molar-refractivity contribution in [2.75, 3.05) is 7.11 Å². The molecule has 0 aromatic heterocycles. The standard InChI is InChI=1S/C22H30N2O3S/c1-22-9-7-17-18(20(22)6-4-16(22)8-10-23)5-3-14-11-15(13-28(24,25)26)21(27-2)12-19(14)17/h11-12,16-18,20H,3-9,13H2,1-2H3,(H2,24,25,26)/t16-,17?,18?,20?,22-/m1/s1. The van der Waals surface area contributed by atoms with Gasteiger partial charge in [-0.25, -0.2) is 13.6 Å². The molecule has 0 spiro atoms. The number of hydrogen-bond donors (Lipinski definition) is 1. The van der Waals surface area contributed by atoms with Crippen molar-refractivity contribution in [1.82, 2.24) is 0 Å². The second-order valence-corrected chi connectivity index (χ2v) is 10.9.